The van der Waals surface area contributed by atoms with Crippen LogP contribution in [0.4, 0.5) is 0 Å². The summed E-state index contributed by atoms with van der Waals surface area (Å²) >= 11 is 2.00. The molecule has 3 nitrogen and oxygen atoms in total. The Morgan fingerprint density at radius 3 is 2.58 bits per heavy atom. The standard InChI is InChI=1S/C19H29N3S.HI/c1-3-20-18(22-16-9-10-17(13-16)23-2)21-14-19(11-12-19)15-7-5-4-6-8-15;/h4-8,16-17H,3,9-14H2,1-2H3,(H2,20,21,22);1H. The smallest absolute Gasteiger partial charge is 0.191 e. The van der Waals surface area contributed by atoms with Crippen molar-refractivity contribution < 1.29 is 0 Å². The van der Waals surface area contributed by atoms with Gasteiger partial charge in [0.15, 0.2) is 5.96 Å². The highest BCUT2D eigenvalue weighted by molar-refractivity contribution is 14.0. The minimum Gasteiger partial charge on any atom is -0.357 e. The summed E-state index contributed by atoms with van der Waals surface area (Å²) in [5.41, 5.74) is 1.74. The van der Waals surface area contributed by atoms with E-state index in [1.54, 1.807) is 0 Å². The van der Waals surface area contributed by atoms with Crippen LogP contribution in [0.2, 0.25) is 0 Å². The van der Waals surface area contributed by atoms with Crippen molar-refractivity contribution >= 4 is 41.7 Å². The fourth-order valence-corrected chi connectivity index (χ4v) is 4.31. The lowest BCUT2D eigenvalue weighted by Crippen LogP contribution is -2.43. The second kappa shape index (κ2) is 9.32. The fourth-order valence-electron chi connectivity index (χ4n) is 3.51. The minimum atomic E-state index is 0. The number of hydrogen-bond donors (Lipinski definition) is 2. The highest BCUT2D eigenvalue weighted by Gasteiger charge is 2.44. The first-order valence-electron chi connectivity index (χ1n) is 8.89. The van der Waals surface area contributed by atoms with Crippen molar-refractivity contribution in [3.63, 3.8) is 0 Å². The average molecular weight is 459 g/mol. The Morgan fingerprint density at radius 2 is 2.00 bits per heavy atom. The molecule has 0 amide bonds. The number of benzene rings is 1. The van der Waals surface area contributed by atoms with Crippen molar-refractivity contribution in [3.05, 3.63) is 35.9 Å². The van der Waals surface area contributed by atoms with Crippen LogP contribution in [-0.4, -0.2) is 36.6 Å². The molecule has 24 heavy (non-hydrogen) atoms. The Morgan fingerprint density at radius 1 is 1.25 bits per heavy atom. The Labute approximate surface area is 167 Å². The molecule has 1 aromatic rings. The number of nitrogens with one attached hydrogen (secondary N) is 2. The highest BCUT2D eigenvalue weighted by atomic mass is 127. The largest absolute Gasteiger partial charge is 0.357 e. The molecule has 2 N–H and O–H groups in total. The van der Waals surface area contributed by atoms with E-state index in [4.69, 9.17) is 4.99 Å². The Kier molecular flexibility index (Phi) is 7.72. The number of guanidine groups is 1. The Hall–Kier alpha value is -0.430. The van der Waals surface area contributed by atoms with Gasteiger partial charge in [-0.3, -0.25) is 4.99 Å². The first-order chi connectivity index (χ1) is 11.3. The third-order valence-electron chi connectivity index (χ3n) is 5.18. The second-order valence-electron chi connectivity index (χ2n) is 6.85. The van der Waals surface area contributed by atoms with Crippen LogP contribution >= 0.6 is 35.7 Å². The molecular weight excluding hydrogens is 429 g/mol. The fraction of sp³-hybridized carbons (Fsp3) is 0.632. The lowest BCUT2D eigenvalue weighted by Gasteiger charge is -2.19. The SMILES string of the molecule is CCNC(=NCC1(c2ccccc2)CC1)NC1CCC(SC)C1.I. The van der Waals surface area contributed by atoms with E-state index < -0.39 is 0 Å². The maximum atomic E-state index is 4.93. The lowest BCUT2D eigenvalue weighted by atomic mass is 9.96. The molecule has 0 spiro atoms. The van der Waals surface area contributed by atoms with Crippen molar-refractivity contribution in [1.82, 2.24) is 10.6 Å². The number of rotatable bonds is 6. The monoisotopic (exact) mass is 459 g/mol. The minimum absolute atomic E-state index is 0. The van der Waals surface area contributed by atoms with Crippen LogP contribution in [0.3, 0.4) is 0 Å². The van der Waals surface area contributed by atoms with Gasteiger partial charge in [-0.25, -0.2) is 0 Å². The third-order valence-corrected chi connectivity index (χ3v) is 6.28. The predicted octanol–water partition coefficient (Wildman–Crippen LogP) is 4.18. The topological polar surface area (TPSA) is 36.4 Å². The molecule has 0 saturated heterocycles. The van der Waals surface area contributed by atoms with Crippen molar-refractivity contribution in [2.45, 2.75) is 55.7 Å². The molecule has 5 heteroatoms. The zero-order chi connectivity index (χ0) is 16.1. The summed E-state index contributed by atoms with van der Waals surface area (Å²) in [5.74, 6) is 1.00. The van der Waals surface area contributed by atoms with E-state index in [9.17, 15) is 0 Å². The molecule has 0 aliphatic heterocycles. The zero-order valence-electron chi connectivity index (χ0n) is 14.8. The average Bonchev–Trinajstić information content (AvgIpc) is 3.25. The molecule has 2 atom stereocenters. The first kappa shape index (κ1) is 19.9. The van der Waals surface area contributed by atoms with Crippen LogP contribution in [0.5, 0.6) is 0 Å². The molecule has 2 aliphatic carbocycles. The molecule has 2 unspecified atom stereocenters. The molecule has 134 valence electrons. The summed E-state index contributed by atoms with van der Waals surface area (Å²) in [6.07, 6.45) is 8.60. The van der Waals surface area contributed by atoms with Gasteiger partial charge in [-0.05, 0) is 50.8 Å². The number of halogens is 1. The number of aliphatic imine (C=N–C) groups is 1. The van der Waals surface area contributed by atoms with Gasteiger partial charge >= 0.3 is 0 Å². The molecule has 3 rings (SSSR count). The lowest BCUT2D eigenvalue weighted by molar-refractivity contribution is 0.609. The molecule has 0 radical (unpaired) electrons. The summed E-state index contributed by atoms with van der Waals surface area (Å²) < 4.78 is 0. The van der Waals surface area contributed by atoms with Crippen molar-refractivity contribution in [3.8, 4) is 0 Å². The van der Waals surface area contributed by atoms with Crippen LogP contribution < -0.4 is 10.6 Å². The molecule has 0 heterocycles. The summed E-state index contributed by atoms with van der Waals surface area (Å²) in [7, 11) is 0. The predicted molar refractivity (Wildman–Crippen MR) is 117 cm³/mol. The van der Waals surface area contributed by atoms with Crippen LogP contribution in [0, 0.1) is 0 Å². The molecule has 1 aromatic carbocycles. The maximum absolute atomic E-state index is 4.93. The molecular formula is C19H30IN3S. The van der Waals surface area contributed by atoms with Crippen molar-refractivity contribution in [1.29, 1.82) is 0 Å². The van der Waals surface area contributed by atoms with E-state index in [0.717, 1.165) is 24.3 Å². The van der Waals surface area contributed by atoms with Gasteiger partial charge in [-0.2, -0.15) is 11.8 Å². The van der Waals surface area contributed by atoms with E-state index >= 15 is 0 Å². The summed E-state index contributed by atoms with van der Waals surface area (Å²) in [4.78, 5) is 4.93. The second-order valence-corrected chi connectivity index (χ2v) is 7.99. The third kappa shape index (κ3) is 5.04. The summed E-state index contributed by atoms with van der Waals surface area (Å²) in [6, 6.07) is 11.5. The zero-order valence-corrected chi connectivity index (χ0v) is 17.9. The molecule has 0 aromatic heterocycles. The van der Waals surface area contributed by atoms with Crippen molar-refractivity contribution in [2.75, 3.05) is 19.3 Å². The normalized spacial score (nSPS) is 25.0. The van der Waals surface area contributed by atoms with Crippen LogP contribution in [0.15, 0.2) is 35.3 Å². The number of nitrogens with zero attached hydrogens (tertiary/aromatic N) is 1. The summed E-state index contributed by atoms with van der Waals surface area (Å²) in [5, 5.41) is 7.90. The van der Waals surface area contributed by atoms with Gasteiger partial charge in [0.25, 0.3) is 0 Å². The van der Waals surface area contributed by atoms with Gasteiger partial charge in [0.2, 0.25) is 0 Å². The molecule has 2 fully saturated rings. The van der Waals surface area contributed by atoms with Crippen LogP contribution in [0.25, 0.3) is 0 Å². The highest BCUT2D eigenvalue weighted by Crippen LogP contribution is 2.48. The summed E-state index contributed by atoms with van der Waals surface area (Å²) in [6.45, 7) is 3.95. The van der Waals surface area contributed by atoms with Gasteiger partial charge in [0.1, 0.15) is 0 Å². The van der Waals surface area contributed by atoms with E-state index in [0.29, 0.717) is 11.5 Å². The number of hydrogen-bond acceptors (Lipinski definition) is 2. The Balaban J connectivity index is 0.00000208. The van der Waals surface area contributed by atoms with E-state index in [-0.39, 0.29) is 24.0 Å². The maximum Gasteiger partial charge on any atom is 0.191 e. The van der Waals surface area contributed by atoms with Crippen molar-refractivity contribution in [2.24, 2.45) is 4.99 Å². The van der Waals surface area contributed by atoms with Gasteiger partial charge < -0.3 is 10.6 Å². The number of thioether (sulfide) groups is 1. The van der Waals surface area contributed by atoms with E-state index in [1.165, 1.54) is 37.7 Å². The first-order valence-corrected chi connectivity index (χ1v) is 10.2. The molecule has 2 aliphatic rings. The Bertz CT molecular complexity index is 531. The van der Waals surface area contributed by atoms with Gasteiger partial charge in [-0.1, -0.05) is 30.3 Å². The van der Waals surface area contributed by atoms with Crippen LogP contribution in [-0.2, 0) is 5.41 Å². The van der Waals surface area contributed by atoms with Gasteiger partial charge in [0.05, 0.1) is 6.54 Å². The van der Waals surface area contributed by atoms with Crippen LogP contribution in [0.1, 0.15) is 44.6 Å². The molecule has 0 bridgehead atoms. The van der Waals surface area contributed by atoms with E-state index in [1.807, 2.05) is 11.8 Å². The van der Waals surface area contributed by atoms with Gasteiger partial charge in [-0.15, -0.1) is 24.0 Å². The molecule has 2 saturated carbocycles. The van der Waals surface area contributed by atoms with E-state index in [2.05, 4.69) is 54.1 Å². The quantitative estimate of drug-likeness (QED) is 0.381. The van der Waals surface area contributed by atoms with Gasteiger partial charge in [0, 0.05) is 23.3 Å².